The summed E-state index contributed by atoms with van der Waals surface area (Å²) in [6.07, 6.45) is 4.36. The fraction of sp³-hybridized carbons (Fsp3) is 0.692. The molecule has 0 atom stereocenters. The number of aryl methyl sites for hydroxylation is 1. The second kappa shape index (κ2) is 4.84. The molecule has 2 aliphatic carbocycles. The molecule has 0 aromatic carbocycles. The molecule has 0 bridgehead atoms. The fourth-order valence-electron chi connectivity index (χ4n) is 2.45. The van der Waals surface area contributed by atoms with Gasteiger partial charge in [0.2, 0.25) is 10.0 Å². The molecule has 2 fully saturated rings. The summed E-state index contributed by atoms with van der Waals surface area (Å²) >= 11 is 1.46. The number of thiophene rings is 1. The average molecular weight is 300 g/mol. The van der Waals surface area contributed by atoms with Gasteiger partial charge in [-0.1, -0.05) is 0 Å². The highest BCUT2D eigenvalue weighted by Gasteiger charge is 2.42. The van der Waals surface area contributed by atoms with E-state index in [9.17, 15) is 8.42 Å². The molecule has 2 aliphatic rings. The summed E-state index contributed by atoms with van der Waals surface area (Å²) in [6.45, 7) is 2.87. The fourth-order valence-corrected chi connectivity index (χ4v) is 5.87. The molecule has 19 heavy (non-hydrogen) atoms. The minimum absolute atomic E-state index is 0.232. The van der Waals surface area contributed by atoms with Gasteiger partial charge in [0.15, 0.2) is 0 Å². The molecule has 0 radical (unpaired) electrons. The maximum atomic E-state index is 12.9. The molecule has 0 amide bonds. The lowest BCUT2D eigenvalue weighted by atomic mass is 10.3. The smallest absolute Gasteiger partial charge is 0.244 e. The summed E-state index contributed by atoms with van der Waals surface area (Å²) in [5, 5.41) is 1.90. The van der Waals surface area contributed by atoms with E-state index in [0.717, 1.165) is 23.3 Å². The molecule has 6 heteroatoms. The molecule has 0 saturated heterocycles. The van der Waals surface area contributed by atoms with Gasteiger partial charge in [-0.3, -0.25) is 0 Å². The number of hydrogen-bond donors (Lipinski definition) is 1. The molecular weight excluding hydrogens is 280 g/mol. The molecule has 106 valence electrons. The van der Waals surface area contributed by atoms with Crippen LogP contribution in [-0.4, -0.2) is 25.3 Å². The molecule has 1 heterocycles. The zero-order valence-electron chi connectivity index (χ0n) is 11.1. The van der Waals surface area contributed by atoms with Crippen molar-refractivity contribution >= 4 is 21.4 Å². The van der Waals surface area contributed by atoms with Crippen molar-refractivity contribution in [2.24, 2.45) is 11.7 Å². The van der Waals surface area contributed by atoms with Gasteiger partial charge in [-0.2, -0.15) is 4.31 Å². The molecule has 1 aromatic rings. The van der Waals surface area contributed by atoms with Gasteiger partial charge in [-0.25, -0.2) is 8.42 Å². The predicted molar refractivity (Wildman–Crippen MR) is 76.6 cm³/mol. The predicted octanol–water partition coefficient (Wildman–Crippen LogP) is 2.08. The van der Waals surface area contributed by atoms with Crippen LogP contribution >= 0.6 is 11.3 Å². The van der Waals surface area contributed by atoms with Crippen LogP contribution in [0.3, 0.4) is 0 Å². The third kappa shape index (κ3) is 2.59. The van der Waals surface area contributed by atoms with E-state index in [-0.39, 0.29) is 6.04 Å². The first kappa shape index (κ1) is 13.5. The number of rotatable bonds is 6. The molecular formula is C13H20N2O2S2. The Kier molecular flexibility index (Phi) is 3.45. The van der Waals surface area contributed by atoms with Crippen LogP contribution in [0.25, 0.3) is 0 Å². The number of nitrogens with two attached hydrogens (primary N) is 1. The Morgan fingerprint density at radius 3 is 2.58 bits per heavy atom. The maximum Gasteiger partial charge on any atom is 0.244 e. The highest BCUT2D eigenvalue weighted by atomic mass is 32.2. The lowest BCUT2D eigenvalue weighted by Crippen LogP contribution is -2.35. The number of sulfonamides is 1. The highest BCUT2D eigenvalue weighted by molar-refractivity contribution is 7.89. The summed E-state index contributed by atoms with van der Waals surface area (Å²) in [6, 6.07) is 0.232. The standard InChI is InChI=1S/C13H20N2O2S2/c1-9-8-18-12(6-14)13(9)19(16,17)15(11-4-5-11)7-10-2-3-10/h8,10-11H,2-7,14H2,1H3. The van der Waals surface area contributed by atoms with E-state index in [2.05, 4.69) is 0 Å². The first-order valence-electron chi connectivity index (χ1n) is 6.83. The van der Waals surface area contributed by atoms with Gasteiger partial charge in [-0.05, 0) is 49.5 Å². The second-order valence-corrected chi connectivity index (χ2v) is 8.42. The van der Waals surface area contributed by atoms with E-state index >= 15 is 0 Å². The van der Waals surface area contributed by atoms with Crippen LogP contribution in [0, 0.1) is 12.8 Å². The molecule has 0 unspecified atom stereocenters. The van der Waals surface area contributed by atoms with Crippen molar-refractivity contribution in [3.05, 3.63) is 15.8 Å². The van der Waals surface area contributed by atoms with Crippen LogP contribution in [0.15, 0.2) is 10.3 Å². The van der Waals surface area contributed by atoms with Crippen molar-refractivity contribution in [2.75, 3.05) is 6.54 Å². The van der Waals surface area contributed by atoms with Crippen LogP contribution in [0.2, 0.25) is 0 Å². The maximum absolute atomic E-state index is 12.9. The Morgan fingerprint density at radius 1 is 1.37 bits per heavy atom. The summed E-state index contributed by atoms with van der Waals surface area (Å²) in [5.74, 6) is 0.579. The van der Waals surface area contributed by atoms with Gasteiger partial charge >= 0.3 is 0 Å². The first-order valence-corrected chi connectivity index (χ1v) is 9.15. The Morgan fingerprint density at radius 2 is 2.05 bits per heavy atom. The lowest BCUT2D eigenvalue weighted by Gasteiger charge is -2.22. The normalized spacial score (nSPS) is 20.2. The monoisotopic (exact) mass is 300 g/mol. The Balaban J connectivity index is 1.96. The Labute approximate surface area is 118 Å². The Bertz CT molecular complexity index is 571. The van der Waals surface area contributed by atoms with Crippen molar-refractivity contribution < 1.29 is 8.42 Å². The van der Waals surface area contributed by atoms with E-state index in [1.807, 2.05) is 12.3 Å². The molecule has 2 N–H and O–H groups in total. The summed E-state index contributed by atoms with van der Waals surface area (Å²) in [4.78, 5) is 1.27. The van der Waals surface area contributed by atoms with Gasteiger partial charge in [0.1, 0.15) is 4.90 Å². The first-order chi connectivity index (χ1) is 9.04. The van der Waals surface area contributed by atoms with Gasteiger partial charge in [0.25, 0.3) is 0 Å². The van der Waals surface area contributed by atoms with Gasteiger partial charge in [0.05, 0.1) is 0 Å². The van der Waals surface area contributed by atoms with Crippen LogP contribution in [-0.2, 0) is 16.6 Å². The lowest BCUT2D eigenvalue weighted by molar-refractivity contribution is 0.388. The molecule has 4 nitrogen and oxygen atoms in total. The molecule has 0 spiro atoms. The van der Waals surface area contributed by atoms with Crippen molar-refractivity contribution in [2.45, 2.75) is 50.1 Å². The zero-order valence-corrected chi connectivity index (χ0v) is 12.8. The molecule has 3 rings (SSSR count). The summed E-state index contributed by atoms with van der Waals surface area (Å²) < 4.78 is 27.6. The quantitative estimate of drug-likeness (QED) is 0.875. The van der Waals surface area contributed by atoms with E-state index in [4.69, 9.17) is 5.73 Å². The van der Waals surface area contributed by atoms with Crippen molar-refractivity contribution in [1.29, 1.82) is 0 Å². The van der Waals surface area contributed by atoms with Crippen LogP contribution in [0.1, 0.15) is 36.1 Å². The molecule has 0 aliphatic heterocycles. The largest absolute Gasteiger partial charge is 0.326 e. The zero-order chi connectivity index (χ0) is 13.6. The molecule has 2 saturated carbocycles. The van der Waals surface area contributed by atoms with E-state index < -0.39 is 10.0 Å². The van der Waals surface area contributed by atoms with Crippen LogP contribution in [0.5, 0.6) is 0 Å². The minimum Gasteiger partial charge on any atom is -0.326 e. The summed E-state index contributed by atoms with van der Waals surface area (Å²) in [5.41, 5.74) is 6.53. The van der Waals surface area contributed by atoms with Crippen LogP contribution < -0.4 is 5.73 Å². The van der Waals surface area contributed by atoms with Gasteiger partial charge in [0, 0.05) is 24.0 Å². The number of hydrogen-bond acceptors (Lipinski definition) is 4. The van der Waals surface area contributed by atoms with Crippen molar-refractivity contribution in [3.8, 4) is 0 Å². The highest BCUT2D eigenvalue weighted by Crippen LogP contribution is 2.40. The average Bonchev–Trinajstić information content (AvgIpc) is 3.24. The van der Waals surface area contributed by atoms with Gasteiger partial charge in [-0.15, -0.1) is 11.3 Å². The van der Waals surface area contributed by atoms with Crippen molar-refractivity contribution in [3.63, 3.8) is 0 Å². The van der Waals surface area contributed by atoms with Crippen LogP contribution in [0.4, 0.5) is 0 Å². The van der Waals surface area contributed by atoms with E-state index in [1.54, 1.807) is 4.31 Å². The summed E-state index contributed by atoms with van der Waals surface area (Å²) in [7, 11) is -3.36. The second-order valence-electron chi connectivity index (χ2n) is 5.62. The van der Waals surface area contributed by atoms with Crippen molar-refractivity contribution in [1.82, 2.24) is 4.31 Å². The van der Waals surface area contributed by atoms with Gasteiger partial charge < -0.3 is 5.73 Å². The SMILES string of the molecule is Cc1csc(CN)c1S(=O)(=O)N(CC1CC1)C1CC1. The minimum atomic E-state index is -3.36. The molecule has 1 aromatic heterocycles. The third-order valence-electron chi connectivity index (χ3n) is 3.83. The van der Waals surface area contributed by atoms with E-state index in [1.165, 1.54) is 24.2 Å². The topological polar surface area (TPSA) is 63.4 Å². The van der Waals surface area contributed by atoms with E-state index in [0.29, 0.717) is 23.9 Å². The third-order valence-corrected chi connectivity index (χ3v) is 7.24. The number of nitrogens with zero attached hydrogens (tertiary/aromatic N) is 1. The Hall–Kier alpha value is -0.430.